The van der Waals surface area contributed by atoms with Crippen LogP contribution in [0.2, 0.25) is 0 Å². The van der Waals surface area contributed by atoms with Crippen molar-refractivity contribution in [1.29, 1.82) is 0 Å². The molecule has 0 aromatic carbocycles. The Morgan fingerprint density at radius 3 is 1.10 bits per heavy atom. The van der Waals surface area contributed by atoms with Crippen LogP contribution in [0.25, 0.3) is 0 Å². The number of hydrogen-bond acceptors (Lipinski definition) is 5. The average molecular weight is 432 g/mol. The van der Waals surface area contributed by atoms with E-state index in [9.17, 15) is 5.11 Å². The van der Waals surface area contributed by atoms with Gasteiger partial charge in [-0.2, -0.15) is 0 Å². The zero-order chi connectivity index (χ0) is 23.3. The molecule has 0 aromatic rings. The quantitative estimate of drug-likeness (QED) is 0.154. The molecule has 0 aliphatic carbocycles. The van der Waals surface area contributed by atoms with Gasteiger partial charge in [0.2, 0.25) is 0 Å². The van der Waals surface area contributed by atoms with Crippen LogP contribution in [0.4, 0.5) is 0 Å². The molecule has 0 rings (SSSR count). The summed E-state index contributed by atoms with van der Waals surface area (Å²) in [5.41, 5.74) is -1.26. The van der Waals surface area contributed by atoms with E-state index in [1.807, 2.05) is 27.7 Å². The number of unbranched alkanes of at least 4 members (excludes halogenated alkanes) is 15. The zero-order valence-corrected chi connectivity index (χ0v) is 20.8. The van der Waals surface area contributed by atoms with Gasteiger partial charge in [0.25, 0.3) is 0 Å². The Morgan fingerprint density at radius 1 is 0.567 bits per heavy atom. The second-order valence-corrected chi connectivity index (χ2v) is 9.57. The minimum absolute atomic E-state index is 0.470. The highest BCUT2D eigenvalue weighted by atomic mass is 16.5. The minimum atomic E-state index is -2.17. The fourth-order valence-electron chi connectivity index (χ4n) is 3.15. The third kappa shape index (κ3) is 24.1. The largest absolute Gasteiger partial charge is 0.631 e. The molecule has 182 valence electrons. The third-order valence-electron chi connectivity index (χ3n) is 5.93. The van der Waals surface area contributed by atoms with Crippen molar-refractivity contribution in [3.8, 4) is 0 Å². The predicted octanol–water partition coefficient (Wildman–Crippen LogP) is 5.76. The van der Waals surface area contributed by atoms with Crippen molar-refractivity contribution in [1.82, 2.24) is 0 Å². The molecule has 0 spiro atoms. The molecule has 0 bridgehead atoms. The number of aliphatic hydroxyl groups is 1. The summed E-state index contributed by atoms with van der Waals surface area (Å²) < 4.78 is 5.86. The molecule has 0 aromatic heterocycles. The van der Waals surface area contributed by atoms with Gasteiger partial charge in [0.05, 0.1) is 11.2 Å². The van der Waals surface area contributed by atoms with Crippen LogP contribution in [-0.4, -0.2) is 45.3 Å². The average Bonchev–Trinajstić information content (AvgIpc) is 2.63. The first-order chi connectivity index (χ1) is 14.0. The van der Waals surface area contributed by atoms with E-state index >= 15 is 0 Å². The number of hydrogen-bond donors (Lipinski definition) is 4. The maximum atomic E-state index is 10.1. The van der Waals surface area contributed by atoms with Crippen LogP contribution in [-0.2, 0) is 4.74 Å². The normalized spacial score (nSPS) is 11.9. The fourth-order valence-corrected chi connectivity index (χ4v) is 3.15. The first-order valence-electron chi connectivity index (χ1n) is 12.4. The Labute approximate surface area is 187 Å². The van der Waals surface area contributed by atoms with E-state index in [0.29, 0.717) is 0 Å². The maximum absolute atomic E-state index is 10.1. The van der Waals surface area contributed by atoms with E-state index < -0.39 is 18.5 Å². The van der Waals surface area contributed by atoms with Gasteiger partial charge in [-0.3, -0.25) is 0 Å². The standard InChI is InChI=1S/C24H50O2.BH3O3/c1-6-7-8-9-10-11-12-13-14-15-16-17-18-19-20-21-22-26-24(4,5)23(2,3)25;2-1(3)4/h25H,6-22H2,1-5H3;2-4H. The van der Waals surface area contributed by atoms with Crippen LogP contribution >= 0.6 is 0 Å². The van der Waals surface area contributed by atoms with Crippen molar-refractivity contribution in [2.45, 2.75) is 149 Å². The molecule has 30 heavy (non-hydrogen) atoms. The molecular weight excluding hydrogens is 379 g/mol. The molecule has 0 aliphatic heterocycles. The van der Waals surface area contributed by atoms with Crippen molar-refractivity contribution in [3.63, 3.8) is 0 Å². The first-order valence-corrected chi connectivity index (χ1v) is 12.4. The molecule has 0 fully saturated rings. The van der Waals surface area contributed by atoms with E-state index in [1.54, 1.807) is 0 Å². The molecule has 0 unspecified atom stereocenters. The van der Waals surface area contributed by atoms with Crippen LogP contribution < -0.4 is 0 Å². The third-order valence-corrected chi connectivity index (χ3v) is 5.93. The lowest BCUT2D eigenvalue weighted by atomic mass is 9.89. The van der Waals surface area contributed by atoms with Crippen molar-refractivity contribution in [3.05, 3.63) is 0 Å². The molecule has 0 atom stereocenters. The van der Waals surface area contributed by atoms with E-state index in [2.05, 4.69) is 6.92 Å². The fraction of sp³-hybridized carbons (Fsp3) is 1.00. The smallest absolute Gasteiger partial charge is 0.402 e. The molecule has 0 saturated carbocycles. The molecule has 0 radical (unpaired) electrons. The summed E-state index contributed by atoms with van der Waals surface area (Å²) in [6, 6.07) is 0. The van der Waals surface area contributed by atoms with Crippen molar-refractivity contribution >= 4 is 7.32 Å². The molecule has 5 nitrogen and oxygen atoms in total. The first kappa shape index (κ1) is 32.0. The molecular formula is C24H53BO5. The number of ether oxygens (including phenoxy) is 1. The highest BCUT2D eigenvalue weighted by molar-refractivity contribution is 6.30. The van der Waals surface area contributed by atoms with Crippen LogP contribution in [0, 0.1) is 0 Å². The monoisotopic (exact) mass is 432 g/mol. The lowest BCUT2D eigenvalue weighted by Gasteiger charge is -2.37. The number of rotatable bonds is 19. The zero-order valence-electron chi connectivity index (χ0n) is 20.8. The van der Waals surface area contributed by atoms with Crippen molar-refractivity contribution in [2.75, 3.05) is 6.61 Å². The second kappa shape index (κ2) is 20.8. The lowest BCUT2D eigenvalue weighted by Crippen LogP contribution is -2.47. The van der Waals surface area contributed by atoms with Crippen LogP contribution in [0.15, 0.2) is 0 Å². The Kier molecular flexibility index (Phi) is 22.2. The van der Waals surface area contributed by atoms with Crippen LogP contribution in [0.5, 0.6) is 0 Å². The maximum Gasteiger partial charge on any atom is 0.631 e. The van der Waals surface area contributed by atoms with E-state index in [1.165, 1.54) is 96.3 Å². The van der Waals surface area contributed by atoms with Gasteiger partial charge in [-0.25, -0.2) is 0 Å². The highest BCUT2D eigenvalue weighted by Gasteiger charge is 2.35. The second-order valence-electron chi connectivity index (χ2n) is 9.57. The predicted molar refractivity (Wildman–Crippen MR) is 128 cm³/mol. The van der Waals surface area contributed by atoms with Gasteiger partial charge in [0.15, 0.2) is 0 Å². The topological polar surface area (TPSA) is 90.2 Å². The summed E-state index contributed by atoms with van der Waals surface area (Å²) in [6.45, 7) is 10.6. The van der Waals surface area contributed by atoms with E-state index in [4.69, 9.17) is 19.8 Å². The summed E-state index contributed by atoms with van der Waals surface area (Å²) in [5, 5.41) is 31.6. The van der Waals surface area contributed by atoms with Gasteiger partial charge in [-0.05, 0) is 34.1 Å². The SMILES string of the molecule is CCCCCCCCCCCCCCCCCCOC(C)(C)C(C)(C)O.OB(O)O. The van der Waals surface area contributed by atoms with Gasteiger partial charge < -0.3 is 24.9 Å². The molecule has 0 amide bonds. The molecule has 0 saturated heterocycles. The molecule has 0 aliphatic rings. The van der Waals surface area contributed by atoms with E-state index in [-0.39, 0.29) is 0 Å². The van der Waals surface area contributed by atoms with E-state index in [0.717, 1.165) is 13.0 Å². The van der Waals surface area contributed by atoms with Crippen molar-refractivity contribution in [2.24, 2.45) is 0 Å². The van der Waals surface area contributed by atoms with Gasteiger partial charge in [0, 0.05) is 6.61 Å². The highest BCUT2D eigenvalue weighted by Crippen LogP contribution is 2.25. The molecule has 4 N–H and O–H groups in total. The Hall–Kier alpha value is -0.135. The molecule has 0 heterocycles. The van der Waals surface area contributed by atoms with Gasteiger partial charge in [0.1, 0.15) is 0 Å². The summed E-state index contributed by atoms with van der Waals surface area (Å²) in [7, 11) is -2.17. The summed E-state index contributed by atoms with van der Waals surface area (Å²) in [5.74, 6) is 0. The van der Waals surface area contributed by atoms with Gasteiger partial charge in [-0.1, -0.05) is 103 Å². The van der Waals surface area contributed by atoms with Crippen molar-refractivity contribution < 1.29 is 24.9 Å². The van der Waals surface area contributed by atoms with Gasteiger partial charge >= 0.3 is 7.32 Å². The summed E-state index contributed by atoms with van der Waals surface area (Å²) in [6.07, 6.45) is 22.2. The summed E-state index contributed by atoms with van der Waals surface area (Å²) >= 11 is 0. The Bertz CT molecular complexity index is 340. The Balaban J connectivity index is 0. The lowest BCUT2D eigenvalue weighted by molar-refractivity contribution is -0.147. The minimum Gasteiger partial charge on any atom is -0.402 e. The Morgan fingerprint density at radius 2 is 0.833 bits per heavy atom. The summed E-state index contributed by atoms with van der Waals surface area (Å²) in [4.78, 5) is 0. The van der Waals surface area contributed by atoms with Crippen LogP contribution in [0.3, 0.4) is 0 Å². The van der Waals surface area contributed by atoms with Crippen LogP contribution in [0.1, 0.15) is 137 Å². The van der Waals surface area contributed by atoms with Gasteiger partial charge in [-0.15, -0.1) is 0 Å². The molecule has 6 heteroatoms.